The van der Waals surface area contributed by atoms with Crippen molar-refractivity contribution in [3.05, 3.63) is 47.5 Å². The van der Waals surface area contributed by atoms with Gasteiger partial charge in [-0.2, -0.15) is 0 Å². The van der Waals surface area contributed by atoms with Crippen molar-refractivity contribution in [3.63, 3.8) is 0 Å². The first kappa shape index (κ1) is 23.8. The summed E-state index contributed by atoms with van der Waals surface area (Å²) in [5.41, 5.74) is 2.57. The number of likely N-dealkylation sites (N-methyl/N-ethyl adjacent to an activating group) is 1. The van der Waals surface area contributed by atoms with Crippen LogP contribution in [0, 0.1) is 0 Å². The summed E-state index contributed by atoms with van der Waals surface area (Å²) < 4.78 is 22.2. The summed E-state index contributed by atoms with van der Waals surface area (Å²) in [7, 11) is 1.63. The van der Waals surface area contributed by atoms with E-state index in [4.69, 9.17) is 23.9 Å². The number of thiazole rings is 1. The van der Waals surface area contributed by atoms with E-state index in [2.05, 4.69) is 5.32 Å². The van der Waals surface area contributed by atoms with Gasteiger partial charge in [0.2, 0.25) is 5.91 Å². The molecule has 1 N–H and O–H groups in total. The molecule has 1 aliphatic rings. The third-order valence-corrected chi connectivity index (χ3v) is 6.23. The number of hydrogen-bond donors (Lipinski definition) is 1. The number of fused-ring (bicyclic) bond motifs is 1. The van der Waals surface area contributed by atoms with E-state index in [1.807, 2.05) is 54.5 Å². The van der Waals surface area contributed by atoms with Gasteiger partial charge in [0.05, 0.1) is 26.0 Å². The molecular weight excluding hydrogens is 454 g/mol. The third-order valence-electron chi connectivity index (χ3n) is 5.29. The van der Waals surface area contributed by atoms with Crippen LogP contribution in [0.4, 0.5) is 5.69 Å². The number of nitrogens with zero attached hydrogens (tertiary/aromatic N) is 2. The highest BCUT2D eigenvalue weighted by Crippen LogP contribution is 2.34. The normalized spacial score (nSPS) is 12.5. The summed E-state index contributed by atoms with van der Waals surface area (Å²) in [5.74, 6) is 2.65. The predicted molar refractivity (Wildman–Crippen MR) is 132 cm³/mol. The van der Waals surface area contributed by atoms with E-state index >= 15 is 0 Å². The highest BCUT2D eigenvalue weighted by molar-refractivity contribution is 7.13. The van der Waals surface area contributed by atoms with Crippen LogP contribution in [0.2, 0.25) is 0 Å². The molecule has 1 aromatic heterocycles. The minimum atomic E-state index is -0.0924. The molecule has 0 spiro atoms. The number of benzene rings is 2. The second kappa shape index (κ2) is 11.2. The second-order valence-corrected chi connectivity index (χ2v) is 8.51. The fourth-order valence-corrected chi connectivity index (χ4v) is 4.43. The molecule has 0 radical (unpaired) electrons. The molecule has 0 saturated heterocycles. The minimum absolute atomic E-state index is 0.0924. The number of methoxy groups -OCH3 is 1. The van der Waals surface area contributed by atoms with Crippen molar-refractivity contribution >= 4 is 22.9 Å². The Labute approximate surface area is 203 Å². The van der Waals surface area contributed by atoms with Crippen molar-refractivity contribution < 1.29 is 23.7 Å². The van der Waals surface area contributed by atoms with Crippen LogP contribution in [0.3, 0.4) is 0 Å². The number of ether oxygens (including phenoxy) is 4. The number of amides is 1. The Morgan fingerprint density at radius 2 is 1.94 bits per heavy atom. The highest BCUT2D eigenvalue weighted by atomic mass is 32.1. The maximum atomic E-state index is 12.7. The molecule has 1 amide bonds. The summed E-state index contributed by atoms with van der Waals surface area (Å²) in [5, 5.41) is 5.87. The lowest BCUT2D eigenvalue weighted by molar-refractivity contribution is -0.117. The van der Waals surface area contributed by atoms with Gasteiger partial charge < -0.3 is 24.3 Å². The lowest BCUT2D eigenvalue weighted by Gasteiger charge is -2.20. The van der Waals surface area contributed by atoms with Crippen molar-refractivity contribution in [1.82, 2.24) is 9.88 Å². The fourth-order valence-electron chi connectivity index (χ4n) is 3.62. The maximum Gasteiger partial charge on any atom is 0.238 e. The van der Waals surface area contributed by atoms with E-state index in [1.54, 1.807) is 24.5 Å². The van der Waals surface area contributed by atoms with Crippen LogP contribution < -0.4 is 24.3 Å². The third kappa shape index (κ3) is 5.78. The van der Waals surface area contributed by atoms with E-state index in [9.17, 15) is 4.79 Å². The molecule has 0 bridgehead atoms. The maximum absolute atomic E-state index is 12.7. The van der Waals surface area contributed by atoms with E-state index in [0.717, 1.165) is 22.8 Å². The van der Waals surface area contributed by atoms with E-state index in [1.165, 1.54) is 0 Å². The zero-order valence-electron chi connectivity index (χ0n) is 19.6. The van der Waals surface area contributed by atoms with E-state index in [0.29, 0.717) is 55.1 Å². The molecule has 0 unspecified atom stereocenters. The number of rotatable bonds is 10. The Hall–Kier alpha value is -3.30. The molecule has 0 atom stereocenters. The molecule has 0 fully saturated rings. The zero-order valence-corrected chi connectivity index (χ0v) is 20.4. The Bertz CT molecular complexity index is 1130. The summed E-state index contributed by atoms with van der Waals surface area (Å²) in [6, 6.07) is 11.2. The molecule has 0 aliphatic carbocycles. The first-order valence-electron chi connectivity index (χ1n) is 11.3. The average molecular weight is 484 g/mol. The van der Waals surface area contributed by atoms with Gasteiger partial charge in [0, 0.05) is 29.2 Å². The largest absolute Gasteiger partial charge is 0.493 e. The van der Waals surface area contributed by atoms with Crippen LogP contribution >= 0.6 is 11.3 Å². The number of aromatic nitrogens is 1. The Kier molecular flexibility index (Phi) is 7.87. The fraction of sp³-hybridized carbons (Fsp3) is 0.360. The van der Waals surface area contributed by atoms with Gasteiger partial charge >= 0.3 is 0 Å². The van der Waals surface area contributed by atoms with E-state index in [-0.39, 0.29) is 12.5 Å². The van der Waals surface area contributed by atoms with Gasteiger partial charge in [-0.15, -0.1) is 11.3 Å². The molecule has 0 saturated carbocycles. The Morgan fingerprint density at radius 3 is 2.71 bits per heavy atom. The van der Waals surface area contributed by atoms with Gasteiger partial charge in [-0.3, -0.25) is 9.69 Å². The minimum Gasteiger partial charge on any atom is -0.493 e. The first-order chi connectivity index (χ1) is 16.6. The van der Waals surface area contributed by atoms with Crippen LogP contribution in [0.15, 0.2) is 41.8 Å². The van der Waals surface area contributed by atoms with Crippen molar-refractivity contribution in [2.75, 3.05) is 45.3 Å². The molecule has 2 heterocycles. The molecule has 180 valence electrons. The molecule has 9 heteroatoms. The van der Waals surface area contributed by atoms with Crippen molar-refractivity contribution in [2.45, 2.75) is 20.4 Å². The number of anilines is 1. The van der Waals surface area contributed by atoms with Crippen LogP contribution in [-0.2, 0) is 11.3 Å². The number of hydrogen-bond acceptors (Lipinski definition) is 8. The Balaban J connectivity index is 1.37. The number of nitrogens with one attached hydrogen (secondary N) is 1. The highest BCUT2D eigenvalue weighted by Gasteiger charge is 2.16. The molecule has 4 rings (SSSR count). The van der Waals surface area contributed by atoms with Crippen LogP contribution in [0.5, 0.6) is 23.0 Å². The predicted octanol–water partition coefficient (Wildman–Crippen LogP) is 4.45. The van der Waals surface area contributed by atoms with E-state index < -0.39 is 0 Å². The van der Waals surface area contributed by atoms with Gasteiger partial charge in [0.1, 0.15) is 18.2 Å². The van der Waals surface area contributed by atoms with Crippen LogP contribution in [0.25, 0.3) is 10.6 Å². The van der Waals surface area contributed by atoms with Crippen LogP contribution in [-0.4, -0.2) is 55.8 Å². The second-order valence-electron chi connectivity index (χ2n) is 7.65. The number of carbonyl (C=O) groups is 1. The monoisotopic (exact) mass is 483 g/mol. The quantitative estimate of drug-likeness (QED) is 0.456. The van der Waals surface area contributed by atoms with Crippen molar-refractivity contribution in [1.29, 1.82) is 0 Å². The molecular formula is C25H29N3O5S. The molecule has 34 heavy (non-hydrogen) atoms. The molecule has 3 aromatic rings. The Morgan fingerprint density at radius 1 is 1.12 bits per heavy atom. The lowest BCUT2D eigenvalue weighted by Crippen LogP contribution is -2.32. The van der Waals surface area contributed by atoms with Crippen molar-refractivity contribution in [3.8, 4) is 33.6 Å². The van der Waals surface area contributed by atoms with Gasteiger partial charge in [0.15, 0.2) is 23.0 Å². The van der Waals surface area contributed by atoms with Gasteiger partial charge in [-0.05, 0) is 43.8 Å². The molecule has 1 aliphatic heterocycles. The lowest BCUT2D eigenvalue weighted by atomic mass is 10.2. The molecule has 2 aromatic carbocycles. The van der Waals surface area contributed by atoms with Crippen molar-refractivity contribution in [2.24, 2.45) is 0 Å². The first-order valence-corrected chi connectivity index (χ1v) is 12.1. The summed E-state index contributed by atoms with van der Waals surface area (Å²) in [6.07, 6.45) is 0. The van der Waals surface area contributed by atoms with Crippen LogP contribution in [0.1, 0.15) is 19.5 Å². The summed E-state index contributed by atoms with van der Waals surface area (Å²) >= 11 is 1.57. The molecule has 8 nitrogen and oxygen atoms in total. The number of carbonyl (C=O) groups excluding carboxylic acids is 1. The summed E-state index contributed by atoms with van der Waals surface area (Å²) in [6.45, 7) is 7.15. The zero-order chi connectivity index (χ0) is 23.9. The van der Waals surface area contributed by atoms with Gasteiger partial charge in [-0.1, -0.05) is 6.92 Å². The van der Waals surface area contributed by atoms with Gasteiger partial charge in [-0.25, -0.2) is 4.98 Å². The topological polar surface area (TPSA) is 82.2 Å². The smallest absolute Gasteiger partial charge is 0.238 e. The van der Waals surface area contributed by atoms with Gasteiger partial charge in [0.25, 0.3) is 0 Å². The summed E-state index contributed by atoms with van der Waals surface area (Å²) in [4.78, 5) is 19.5. The average Bonchev–Trinajstić information content (AvgIpc) is 3.32. The SMILES string of the molecule is CCOc1ccc(-c2nc(CN(CC)CC(=O)Nc3ccc4c(c3)OCCO4)cs2)cc1OC. The standard InChI is InChI=1S/C25H29N3O5S/c1-4-28(15-24(29)26-18-7-9-21-23(13-18)33-11-10-32-21)14-19-16-34-25(27-19)17-6-8-20(31-5-2)22(12-17)30-3/h6-9,12-13,16H,4-5,10-11,14-15H2,1-3H3,(H,26,29).